The van der Waals surface area contributed by atoms with E-state index in [0.29, 0.717) is 26.1 Å². The zero-order valence-electron chi connectivity index (χ0n) is 14.8. The number of aromatic nitrogens is 1. The fourth-order valence-electron chi connectivity index (χ4n) is 3.68. The molecule has 2 aromatic carbocycles. The van der Waals surface area contributed by atoms with Crippen molar-refractivity contribution in [2.75, 3.05) is 6.54 Å². The Kier molecular flexibility index (Phi) is 4.47. The molecule has 3 aromatic rings. The van der Waals surface area contributed by atoms with Gasteiger partial charge in [-0.15, -0.1) is 0 Å². The smallest absolute Gasteiger partial charge is 0.224 e. The molecule has 26 heavy (non-hydrogen) atoms. The van der Waals surface area contributed by atoms with Crippen LogP contribution in [0.1, 0.15) is 23.2 Å². The summed E-state index contributed by atoms with van der Waals surface area (Å²) in [5, 5.41) is 4.73. The van der Waals surface area contributed by atoms with Crippen molar-refractivity contribution in [2.45, 2.75) is 32.5 Å². The van der Waals surface area contributed by atoms with Crippen LogP contribution < -0.4 is 5.32 Å². The molecular weight excluding hydrogens is 329 g/mol. The molecule has 0 radical (unpaired) electrons. The Bertz CT molecular complexity index is 949. The standard InChI is InChI=1S/C21H22FN3O/c1-14-18-7-2-3-8-19(18)24-20(14)11-23-17-10-21(26)25(13-17)12-15-5-4-6-16(22)9-15/h2-9,17,23-24H,10-13H2,1H3. The van der Waals surface area contributed by atoms with Gasteiger partial charge in [0.15, 0.2) is 0 Å². The van der Waals surface area contributed by atoms with Gasteiger partial charge in [-0.2, -0.15) is 0 Å². The number of carbonyl (C=O) groups excluding carboxylic acids is 1. The van der Waals surface area contributed by atoms with Crippen molar-refractivity contribution >= 4 is 16.8 Å². The zero-order valence-corrected chi connectivity index (χ0v) is 14.8. The van der Waals surface area contributed by atoms with Gasteiger partial charge < -0.3 is 15.2 Å². The summed E-state index contributed by atoms with van der Waals surface area (Å²) < 4.78 is 13.3. The molecule has 0 aliphatic carbocycles. The molecule has 0 saturated carbocycles. The van der Waals surface area contributed by atoms with Gasteiger partial charge in [0.25, 0.3) is 0 Å². The Morgan fingerprint density at radius 1 is 1.23 bits per heavy atom. The number of hydrogen-bond acceptors (Lipinski definition) is 2. The molecule has 1 aliphatic heterocycles. The fourth-order valence-corrected chi connectivity index (χ4v) is 3.68. The average Bonchev–Trinajstić information content (AvgIpc) is 3.13. The first kappa shape index (κ1) is 16.8. The SMILES string of the molecule is Cc1c(CNC2CC(=O)N(Cc3cccc(F)c3)C2)[nH]c2ccccc12. The van der Waals surface area contributed by atoms with Crippen LogP contribution in [0, 0.1) is 12.7 Å². The van der Waals surface area contributed by atoms with Crippen molar-refractivity contribution in [3.05, 3.63) is 71.2 Å². The lowest BCUT2D eigenvalue weighted by Crippen LogP contribution is -2.32. The van der Waals surface area contributed by atoms with E-state index in [4.69, 9.17) is 0 Å². The van der Waals surface area contributed by atoms with Crippen LogP contribution in [0.2, 0.25) is 0 Å². The van der Waals surface area contributed by atoms with Crippen molar-refractivity contribution in [1.29, 1.82) is 0 Å². The number of likely N-dealkylation sites (tertiary alicyclic amines) is 1. The summed E-state index contributed by atoms with van der Waals surface area (Å²) in [7, 11) is 0. The molecule has 2 heterocycles. The number of rotatable bonds is 5. The number of H-pyrrole nitrogens is 1. The number of halogens is 1. The van der Waals surface area contributed by atoms with Gasteiger partial charge in [0, 0.05) is 48.7 Å². The predicted molar refractivity (Wildman–Crippen MR) is 100 cm³/mol. The maximum Gasteiger partial charge on any atom is 0.224 e. The van der Waals surface area contributed by atoms with Crippen LogP contribution in [-0.4, -0.2) is 28.4 Å². The highest BCUT2D eigenvalue weighted by atomic mass is 19.1. The molecule has 0 bridgehead atoms. The molecule has 1 saturated heterocycles. The molecule has 1 amide bonds. The molecule has 134 valence electrons. The molecule has 1 aromatic heterocycles. The summed E-state index contributed by atoms with van der Waals surface area (Å²) in [6.07, 6.45) is 0.481. The van der Waals surface area contributed by atoms with E-state index in [1.54, 1.807) is 11.0 Å². The van der Waals surface area contributed by atoms with Gasteiger partial charge in [0.2, 0.25) is 5.91 Å². The van der Waals surface area contributed by atoms with Crippen molar-refractivity contribution in [2.24, 2.45) is 0 Å². The topological polar surface area (TPSA) is 48.1 Å². The maximum atomic E-state index is 13.3. The summed E-state index contributed by atoms with van der Waals surface area (Å²) in [5.74, 6) is -0.154. The number of fused-ring (bicyclic) bond motifs is 1. The maximum absolute atomic E-state index is 13.3. The van der Waals surface area contributed by atoms with Gasteiger partial charge >= 0.3 is 0 Å². The molecule has 2 N–H and O–H groups in total. The number of para-hydroxylation sites is 1. The molecule has 4 nitrogen and oxygen atoms in total. The number of carbonyl (C=O) groups is 1. The van der Waals surface area contributed by atoms with Crippen LogP contribution in [0.15, 0.2) is 48.5 Å². The van der Waals surface area contributed by atoms with E-state index in [9.17, 15) is 9.18 Å². The van der Waals surface area contributed by atoms with E-state index in [1.807, 2.05) is 18.2 Å². The average molecular weight is 351 g/mol. The number of nitrogens with zero attached hydrogens (tertiary/aromatic N) is 1. The Morgan fingerprint density at radius 2 is 2.08 bits per heavy atom. The van der Waals surface area contributed by atoms with E-state index in [0.717, 1.165) is 16.8 Å². The van der Waals surface area contributed by atoms with Crippen LogP contribution in [0.3, 0.4) is 0 Å². The molecule has 1 unspecified atom stereocenters. The van der Waals surface area contributed by atoms with E-state index >= 15 is 0 Å². The van der Waals surface area contributed by atoms with Gasteiger partial charge in [-0.1, -0.05) is 30.3 Å². The number of aryl methyl sites for hydroxylation is 1. The molecule has 5 heteroatoms. The molecular formula is C21H22FN3O. The number of benzene rings is 2. The summed E-state index contributed by atoms with van der Waals surface area (Å²) in [5.41, 5.74) is 4.36. The summed E-state index contributed by atoms with van der Waals surface area (Å²) in [4.78, 5) is 17.5. The third-order valence-corrected chi connectivity index (χ3v) is 5.11. The zero-order chi connectivity index (χ0) is 18.1. The number of hydrogen-bond donors (Lipinski definition) is 2. The van der Waals surface area contributed by atoms with Crippen molar-refractivity contribution in [3.63, 3.8) is 0 Å². The van der Waals surface area contributed by atoms with Crippen molar-refractivity contribution < 1.29 is 9.18 Å². The highest BCUT2D eigenvalue weighted by molar-refractivity contribution is 5.84. The molecule has 1 atom stereocenters. The van der Waals surface area contributed by atoms with E-state index < -0.39 is 0 Å². The Morgan fingerprint density at radius 3 is 2.88 bits per heavy atom. The highest BCUT2D eigenvalue weighted by Crippen LogP contribution is 2.22. The highest BCUT2D eigenvalue weighted by Gasteiger charge is 2.29. The number of nitrogens with one attached hydrogen (secondary N) is 2. The van der Waals surface area contributed by atoms with Gasteiger partial charge in [0.1, 0.15) is 5.82 Å². The molecule has 4 rings (SSSR count). The first-order valence-electron chi connectivity index (χ1n) is 8.92. The van der Waals surface area contributed by atoms with E-state index in [-0.39, 0.29) is 17.8 Å². The summed E-state index contributed by atoms with van der Waals surface area (Å²) in [6, 6.07) is 14.8. The second kappa shape index (κ2) is 6.92. The van der Waals surface area contributed by atoms with E-state index in [2.05, 4.69) is 29.4 Å². The van der Waals surface area contributed by atoms with Gasteiger partial charge in [-0.05, 0) is 36.2 Å². The second-order valence-electron chi connectivity index (χ2n) is 6.96. The first-order chi connectivity index (χ1) is 12.6. The fraction of sp³-hybridized carbons (Fsp3) is 0.286. The largest absolute Gasteiger partial charge is 0.357 e. The Hall–Kier alpha value is -2.66. The third kappa shape index (κ3) is 3.35. The van der Waals surface area contributed by atoms with E-state index in [1.165, 1.54) is 23.1 Å². The van der Waals surface area contributed by atoms with Gasteiger partial charge in [-0.3, -0.25) is 4.79 Å². The normalized spacial score (nSPS) is 17.4. The quantitative estimate of drug-likeness (QED) is 0.739. The number of aromatic amines is 1. The monoisotopic (exact) mass is 351 g/mol. The van der Waals surface area contributed by atoms with Crippen molar-refractivity contribution in [1.82, 2.24) is 15.2 Å². The minimum absolute atomic E-state index is 0.111. The minimum atomic E-state index is -0.266. The van der Waals surface area contributed by atoms with Gasteiger partial charge in [0.05, 0.1) is 0 Å². The molecule has 1 aliphatic rings. The second-order valence-corrected chi connectivity index (χ2v) is 6.96. The Balaban J connectivity index is 1.38. The summed E-state index contributed by atoms with van der Waals surface area (Å²) in [6.45, 7) is 3.92. The van der Waals surface area contributed by atoms with Crippen LogP contribution in [-0.2, 0) is 17.9 Å². The van der Waals surface area contributed by atoms with Crippen LogP contribution in [0.25, 0.3) is 10.9 Å². The van der Waals surface area contributed by atoms with Crippen molar-refractivity contribution in [3.8, 4) is 0 Å². The van der Waals surface area contributed by atoms with Crippen LogP contribution in [0.5, 0.6) is 0 Å². The van der Waals surface area contributed by atoms with Crippen LogP contribution in [0.4, 0.5) is 4.39 Å². The molecule has 0 spiro atoms. The number of amides is 1. The first-order valence-corrected chi connectivity index (χ1v) is 8.92. The minimum Gasteiger partial charge on any atom is -0.357 e. The Labute approximate surface area is 152 Å². The lowest BCUT2D eigenvalue weighted by Gasteiger charge is -2.17. The lowest BCUT2D eigenvalue weighted by atomic mass is 10.1. The van der Waals surface area contributed by atoms with Crippen LogP contribution >= 0.6 is 0 Å². The van der Waals surface area contributed by atoms with Gasteiger partial charge in [-0.25, -0.2) is 4.39 Å². The lowest BCUT2D eigenvalue weighted by molar-refractivity contribution is -0.128. The predicted octanol–water partition coefficient (Wildman–Crippen LogP) is 3.51. The third-order valence-electron chi connectivity index (χ3n) is 5.11. The summed E-state index contributed by atoms with van der Waals surface area (Å²) >= 11 is 0. The molecule has 1 fully saturated rings.